The molecule has 0 aliphatic carbocycles. The van der Waals surface area contributed by atoms with Crippen molar-refractivity contribution in [1.29, 1.82) is 0 Å². The van der Waals surface area contributed by atoms with E-state index in [1.807, 2.05) is 0 Å². The van der Waals surface area contributed by atoms with E-state index < -0.39 is 24.0 Å². The van der Waals surface area contributed by atoms with Gasteiger partial charge in [-0.2, -0.15) is 0 Å². The molecule has 0 saturated heterocycles. The lowest BCUT2D eigenvalue weighted by Crippen LogP contribution is -2.12. The van der Waals surface area contributed by atoms with E-state index in [1.54, 1.807) is 6.92 Å². The van der Waals surface area contributed by atoms with Crippen LogP contribution in [0, 0.1) is 12.7 Å². The highest BCUT2D eigenvalue weighted by molar-refractivity contribution is 6.07. The second kappa shape index (κ2) is 5.43. The number of hydrogen-bond acceptors (Lipinski definition) is 4. The monoisotopic (exact) mass is 240 g/mol. The topological polar surface area (TPSA) is 52.6 Å². The van der Waals surface area contributed by atoms with E-state index in [4.69, 9.17) is 4.74 Å². The lowest BCUT2D eigenvalue weighted by atomic mass is 10.0. The molecule has 0 N–H and O–H groups in total. The molecule has 1 aromatic carbocycles. The number of carbonyl (C=O) groups is 2. The van der Waals surface area contributed by atoms with Crippen LogP contribution in [0.1, 0.15) is 22.3 Å². The quantitative estimate of drug-likeness (QED) is 0.458. The average molecular weight is 240 g/mol. The van der Waals surface area contributed by atoms with Crippen LogP contribution >= 0.6 is 0 Å². The maximum Gasteiger partial charge on any atom is 0.313 e. The van der Waals surface area contributed by atoms with Crippen molar-refractivity contribution in [3.8, 4) is 5.75 Å². The molecule has 0 fully saturated rings. The van der Waals surface area contributed by atoms with Gasteiger partial charge in [0.1, 0.15) is 18.0 Å². The predicted octanol–water partition coefficient (Wildman–Crippen LogP) is 1.89. The summed E-state index contributed by atoms with van der Waals surface area (Å²) in [6, 6.07) is 2.75. The lowest BCUT2D eigenvalue weighted by Gasteiger charge is -2.09. The van der Waals surface area contributed by atoms with Gasteiger partial charge in [0, 0.05) is 0 Å². The number of rotatable bonds is 4. The molecule has 1 aromatic rings. The number of carbonyl (C=O) groups excluding carboxylic acids is 2. The Hall–Kier alpha value is -1.91. The number of Topliss-reactive ketones (excluding diaryl/α,β-unsaturated/α-hetero) is 1. The second-order valence-electron chi connectivity index (χ2n) is 3.50. The van der Waals surface area contributed by atoms with Crippen LogP contribution in [-0.4, -0.2) is 26.0 Å². The third kappa shape index (κ3) is 3.03. The van der Waals surface area contributed by atoms with Crippen molar-refractivity contribution in [2.45, 2.75) is 13.3 Å². The van der Waals surface area contributed by atoms with E-state index in [1.165, 1.54) is 26.4 Å². The number of halogens is 1. The van der Waals surface area contributed by atoms with Gasteiger partial charge in [-0.15, -0.1) is 0 Å². The first kappa shape index (κ1) is 13.2. The summed E-state index contributed by atoms with van der Waals surface area (Å²) in [6.45, 7) is 1.68. The second-order valence-corrected chi connectivity index (χ2v) is 3.50. The van der Waals surface area contributed by atoms with Crippen LogP contribution in [0.25, 0.3) is 0 Å². The van der Waals surface area contributed by atoms with Crippen LogP contribution in [-0.2, 0) is 9.53 Å². The fourth-order valence-electron chi connectivity index (χ4n) is 1.43. The number of benzene rings is 1. The number of ether oxygens (including phenoxy) is 2. The van der Waals surface area contributed by atoms with Crippen molar-refractivity contribution in [3.05, 3.63) is 29.1 Å². The van der Waals surface area contributed by atoms with Gasteiger partial charge < -0.3 is 9.47 Å². The van der Waals surface area contributed by atoms with Crippen molar-refractivity contribution in [2.24, 2.45) is 0 Å². The van der Waals surface area contributed by atoms with E-state index in [0.717, 1.165) is 0 Å². The fourth-order valence-corrected chi connectivity index (χ4v) is 1.43. The van der Waals surface area contributed by atoms with Crippen molar-refractivity contribution in [1.82, 2.24) is 0 Å². The molecule has 0 saturated carbocycles. The zero-order valence-corrected chi connectivity index (χ0v) is 9.87. The summed E-state index contributed by atoms with van der Waals surface area (Å²) in [5.41, 5.74) is 0.414. The number of esters is 1. The highest BCUT2D eigenvalue weighted by Gasteiger charge is 2.21. The van der Waals surface area contributed by atoms with Gasteiger partial charge in [-0.25, -0.2) is 4.39 Å². The van der Waals surface area contributed by atoms with Crippen LogP contribution < -0.4 is 4.74 Å². The summed E-state index contributed by atoms with van der Waals surface area (Å²) in [5, 5.41) is 0. The van der Waals surface area contributed by atoms with Gasteiger partial charge in [0.05, 0.1) is 19.8 Å². The van der Waals surface area contributed by atoms with Crippen LogP contribution in [0.2, 0.25) is 0 Å². The van der Waals surface area contributed by atoms with Crippen molar-refractivity contribution in [3.63, 3.8) is 0 Å². The minimum atomic E-state index is -0.711. The molecule has 0 radical (unpaired) electrons. The Morgan fingerprint density at radius 1 is 1.29 bits per heavy atom. The Kier molecular flexibility index (Phi) is 4.20. The largest absolute Gasteiger partial charge is 0.496 e. The molecule has 0 heterocycles. The summed E-state index contributed by atoms with van der Waals surface area (Å²) in [4.78, 5) is 22.7. The van der Waals surface area contributed by atoms with Gasteiger partial charge in [-0.3, -0.25) is 9.59 Å². The molecule has 0 aliphatic rings. The Bertz CT molecular complexity index is 454. The molecule has 0 aromatic heterocycles. The molecule has 4 nitrogen and oxygen atoms in total. The Morgan fingerprint density at radius 3 is 2.47 bits per heavy atom. The van der Waals surface area contributed by atoms with E-state index >= 15 is 0 Å². The standard InChI is InChI=1S/C12H13FO4/c1-7-4-8(13)12(10(5-7)16-2)9(14)6-11(15)17-3/h4-5H,6H2,1-3H3. The van der Waals surface area contributed by atoms with Crippen molar-refractivity contribution in [2.75, 3.05) is 14.2 Å². The van der Waals surface area contributed by atoms with Crippen LogP contribution in [0.4, 0.5) is 4.39 Å². The molecule has 0 amide bonds. The number of aryl methyl sites for hydroxylation is 1. The summed E-state index contributed by atoms with van der Waals surface area (Å²) < 4.78 is 22.9. The third-order valence-corrected chi connectivity index (χ3v) is 2.23. The first-order chi connectivity index (χ1) is 7.99. The molecule has 0 bridgehead atoms. The van der Waals surface area contributed by atoms with E-state index in [2.05, 4.69) is 4.74 Å². The Morgan fingerprint density at radius 2 is 1.94 bits per heavy atom. The molecular formula is C12H13FO4. The maximum absolute atomic E-state index is 13.6. The summed E-state index contributed by atoms with van der Waals surface area (Å²) in [5.74, 6) is -1.95. The normalized spacial score (nSPS) is 9.88. The first-order valence-electron chi connectivity index (χ1n) is 4.93. The molecule has 92 valence electrons. The SMILES string of the molecule is COC(=O)CC(=O)c1c(F)cc(C)cc1OC. The molecular weight excluding hydrogens is 227 g/mol. The molecule has 0 atom stereocenters. The first-order valence-corrected chi connectivity index (χ1v) is 4.93. The number of ketones is 1. The summed E-state index contributed by atoms with van der Waals surface area (Å²) in [7, 11) is 2.50. The van der Waals surface area contributed by atoms with Gasteiger partial charge >= 0.3 is 5.97 Å². The molecule has 1 rings (SSSR count). The van der Waals surface area contributed by atoms with Gasteiger partial charge in [0.25, 0.3) is 0 Å². The third-order valence-electron chi connectivity index (χ3n) is 2.23. The van der Waals surface area contributed by atoms with Crippen LogP contribution in [0.15, 0.2) is 12.1 Å². The minimum absolute atomic E-state index is 0.122. The average Bonchev–Trinajstić information content (AvgIpc) is 2.27. The van der Waals surface area contributed by atoms with Crippen LogP contribution in [0.3, 0.4) is 0 Å². The molecule has 5 heteroatoms. The molecule has 17 heavy (non-hydrogen) atoms. The maximum atomic E-state index is 13.6. The smallest absolute Gasteiger partial charge is 0.313 e. The van der Waals surface area contributed by atoms with E-state index in [0.29, 0.717) is 5.56 Å². The van der Waals surface area contributed by atoms with Crippen molar-refractivity contribution < 1.29 is 23.5 Å². The highest BCUT2D eigenvalue weighted by atomic mass is 19.1. The predicted molar refractivity (Wildman–Crippen MR) is 58.7 cm³/mol. The van der Waals surface area contributed by atoms with Gasteiger partial charge in [-0.1, -0.05) is 0 Å². The zero-order chi connectivity index (χ0) is 13.0. The molecule has 0 unspecified atom stereocenters. The molecule has 0 spiro atoms. The summed E-state index contributed by atoms with van der Waals surface area (Å²) >= 11 is 0. The van der Waals surface area contributed by atoms with E-state index in [9.17, 15) is 14.0 Å². The lowest BCUT2D eigenvalue weighted by molar-refractivity contribution is -0.139. The zero-order valence-electron chi connectivity index (χ0n) is 9.87. The molecule has 0 aliphatic heterocycles. The van der Waals surface area contributed by atoms with Crippen LogP contribution in [0.5, 0.6) is 5.75 Å². The Balaban J connectivity index is 3.12. The minimum Gasteiger partial charge on any atom is -0.496 e. The van der Waals surface area contributed by atoms with Gasteiger partial charge in [0.2, 0.25) is 0 Å². The highest BCUT2D eigenvalue weighted by Crippen LogP contribution is 2.25. The van der Waals surface area contributed by atoms with E-state index in [-0.39, 0.29) is 11.3 Å². The van der Waals surface area contributed by atoms with Gasteiger partial charge in [-0.05, 0) is 24.6 Å². The van der Waals surface area contributed by atoms with Gasteiger partial charge in [0.15, 0.2) is 5.78 Å². The summed E-state index contributed by atoms with van der Waals surface area (Å²) in [6.07, 6.45) is -0.507. The Labute approximate surface area is 98.3 Å². The number of hydrogen-bond donors (Lipinski definition) is 0. The fraction of sp³-hybridized carbons (Fsp3) is 0.333. The van der Waals surface area contributed by atoms with Crippen molar-refractivity contribution >= 4 is 11.8 Å². The number of methoxy groups -OCH3 is 2.